The number of methoxy groups -OCH3 is 2. The van der Waals surface area contributed by atoms with Crippen LogP contribution < -0.4 is 0 Å². The zero-order chi connectivity index (χ0) is 20.7. The zero-order valence-corrected chi connectivity index (χ0v) is 16.6. The Morgan fingerprint density at radius 3 is 2.24 bits per heavy atom. The second-order valence-electron chi connectivity index (χ2n) is 6.72. The van der Waals surface area contributed by atoms with Gasteiger partial charge in [-0.1, -0.05) is 48.5 Å². The molecule has 0 saturated carbocycles. The minimum absolute atomic E-state index is 0.105. The van der Waals surface area contributed by atoms with E-state index < -0.39 is 24.0 Å². The van der Waals surface area contributed by atoms with Gasteiger partial charge in [0.05, 0.1) is 12.1 Å². The molecule has 1 aliphatic heterocycles. The molecule has 7 nitrogen and oxygen atoms in total. The summed E-state index contributed by atoms with van der Waals surface area (Å²) in [5, 5.41) is 0. The molecule has 1 saturated heterocycles. The molecule has 2 aromatic rings. The van der Waals surface area contributed by atoms with Gasteiger partial charge in [-0.3, -0.25) is 0 Å². The van der Waals surface area contributed by atoms with Gasteiger partial charge in [0.25, 0.3) is 0 Å². The van der Waals surface area contributed by atoms with E-state index in [0.29, 0.717) is 18.5 Å². The zero-order valence-electron chi connectivity index (χ0n) is 16.6. The number of nitrogens with zero attached hydrogens (tertiary/aromatic N) is 1. The molecule has 7 heteroatoms. The molecule has 2 aromatic carbocycles. The van der Waals surface area contributed by atoms with Gasteiger partial charge in [0, 0.05) is 27.2 Å². The largest absolute Gasteiger partial charge is 0.451 e. The first kappa shape index (κ1) is 20.8. The maximum atomic E-state index is 12.6. The van der Waals surface area contributed by atoms with Crippen molar-refractivity contribution in [3.63, 3.8) is 0 Å². The second kappa shape index (κ2) is 9.54. The highest BCUT2D eigenvalue weighted by Gasteiger charge is 2.48. The molecule has 0 radical (unpaired) electrons. The predicted molar refractivity (Wildman–Crippen MR) is 105 cm³/mol. The summed E-state index contributed by atoms with van der Waals surface area (Å²) in [5.41, 5.74) is 1.31. The van der Waals surface area contributed by atoms with Gasteiger partial charge in [0.2, 0.25) is 5.79 Å². The number of carbonyl (C=O) groups excluding carboxylic acids is 2. The van der Waals surface area contributed by atoms with Gasteiger partial charge in [-0.25, -0.2) is 9.59 Å². The predicted octanol–water partition coefficient (Wildman–Crippen LogP) is 3.24. The van der Waals surface area contributed by atoms with E-state index in [9.17, 15) is 9.59 Å². The summed E-state index contributed by atoms with van der Waals surface area (Å²) in [6, 6.07) is 18.1. The lowest BCUT2D eigenvalue weighted by molar-refractivity contribution is -0.275. The Balaban J connectivity index is 1.68. The average Bonchev–Trinajstić information content (AvgIpc) is 2.79. The van der Waals surface area contributed by atoms with E-state index in [1.807, 2.05) is 36.4 Å². The number of piperidine rings is 1. The van der Waals surface area contributed by atoms with E-state index in [1.165, 1.54) is 19.1 Å². The van der Waals surface area contributed by atoms with Crippen LogP contribution >= 0.6 is 0 Å². The van der Waals surface area contributed by atoms with E-state index in [2.05, 4.69) is 0 Å². The molecule has 0 aromatic heterocycles. The van der Waals surface area contributed by atoms with E-state index in [-0.39, 0.29) is 13.2 Å². The molecule has 0 spiro atoms. The summed E-state index contributed by atoms with van der Waals surface area (Å²) in [6.07, 6.45) is -0.939. The highest BCUT2D eigenvalue weighted by Crippen LogP contribution is 2.30. The number of likely N-dealkylation sites (tertiary alicyclic amines) is 1. The quantitative estimate of drug-likeness (QED) is 0.548. The van der Waals surface area contributed by atoms with E-state index in [1.54, 1.807) is 24.3 Å². The fraction of sp³-hybridized carbons (Fsp3) is 0.364. The summed E-state index contributed by atoms with van der Waals surface area (Å²) >= 11 is 0. The Bertz CT molecular complexity index is 807. The lowest BCUT2D eigenvalue weighted by Crippen LogP contribution is -2.60. The number of hydrogen-bond donors (Lipinski definition) is 0. The molecule has 154 valence electrons. The van der Waals surface area contributed by atoms with Crippen LogP contribution in [0.25, 0.3) is 0 Å². The molecule has 1 atom stereocenters. The first-order valence-corrected chi connectivity index (χ1v) is 9.40. The molecule has 0 N–H and O–H groups in total. The normalized spacial score (nSPS) is 18.1. The highest BCUT2D eigenvalue weighted by molar-refractivity contribution is 5.89. The Hall–Kier alpha value is -2.90. The van der Waals surface area contributed by atoms with E-state index >= 15 is 0 Å². The van der Waals surface area contributed by atoms with Crippen molar-refractivity contribution in [2.24, 2.45) is 0 Å². The molecule has 1 aliphatic rings. The van der Waals surface area contributed by atoms with Crippen LogP contribution in [0.3, 0.4) is 0 Å². The van der Waals surface area contributed by atoms with E-state index in [4.69, 9.17) is 18.9 Å². The highest BCUT2D eigenvalue weighted by atomic mass is 16.7. The molecular weight excluding hydrogens is 374 g/mol. The second-order valence-corrected chi connectivity index (χ2v) is 6.72. The Labute approximate surface area is 170 Å². The number of hydrogen-bond acceptors (Lipinski definition) is 6. The van der Waals surface area contributed by atoms with Crippen LogP contribution in [0.5, 0.6) is 0 Å². The lowest BCUT2D eigenvalue weighted by atomic mass is 10.00. The monoisotopic (exact) mass is 399 g/mol. The summed E-state index contributed by atoms with van der Waals surface area (Å²) in [4.78, 5) is 26.6. The van der Waals surface area contributed by atoms with Crippen LogP contribution in [-0.4, -0.2) is 56.2 Å². The third kappa shape index (κ3) is 4.93. The number of amides is 1. The summed E-state index contributed by atoms with van der Waals surface area (Å²) in [6.45, 7) is 0.632. The maximum absolute atomic E-state index is 12.6. The van der Waals surface area contributed by atoms with Gasteiger partial charge in [-0.05, 0) is 17.7 Å². The van der Waals surface area contributed by atoms with Crippen molar-refractivity contribution < 1.29 is 28.5 Å². The fourth-order valence-corrected chi connectivity index (χ4v) is 3.31. The molecule has 0 unspecified atom stereocenters. The number of ether oxygens (including phenoxy) is 4. The van der Waals surface area contributed by atoms with Gasteiger partial charge in [0.15, 0.2) is 6.10 Å². The Morgan fingerprint density at radius 1 is 1.00 bits per heavy atom. The molecule has 1 fully saturated rings. The summed E-state index contributed by atoms with van der Waals surface area (Å²) in [7, 11) is 2.99. The van der Waals surface area contributed by atoms with E-state index in [0.717, 1.165) is 5.56 Å². The van der Waals surface area contributed by atoms with Crippen LogP contribution in [0.15, 0.2) is 60.7 Å². The van der Waals surface area contributed by atoms with Gasteiger partial charge < -0.3 is 23.8 Å². The molecule has 29 heavy (non-hydrogen) atoms. The molecular formula is C22H25NO6. The van der Waals surface area contributed by atoms with Crippen LogP contribution in [0, 0.1) is 0 Å². The van der Waals surface area contributed by atoms with Crippen LogP contribution in [0.4, 0.5) is 4.79 Å². The molecule has 3 rings (SSSR count). The van der Waals surface area contributed by atoms with Crippen molar-refractivity contribution in [1.29, 1.82) is 0 Å². The number of benzene rings is 2. The topological polar surface area (TPSA) is 74.3 Å². The third-order valence-corrected chi connectivity index (χ3v) is 5.02. The minimum Gasteiger partial charge on any atom is -0.451 e. The molecule has 0 aliphatic carbocycles. The maximum Gasteiger partial charge on any atom is 0.410 e. The first-order chi connectivity index (χ1) is 14.1. The van der Waals surface area contributed by atoms with Crippen molar-refractivity contribution in [2.75, 3.05) is 27.3 Å². The molecule has 1 amide bonds. The third-order valence-electron chi connectivity index (χ3n) is 5.02. The number of carbonyl (C=O) groups is 2. The number of esters is 1. The van der Waals surface area contributed by atoms with Crippen molar-refractivity contribution in [3.05, 3.63) is 71.8 Å². The van der Waals surface area contributed by atoms with Crippen LogP contribution in [0.2, 0.25) is 0 Å². The standard InChI is InChI=1S/C22H25NO6/c1-26-22(27-2)13-14-23(21(25)28-16-17-9-5-3-6-10-17)15-19(22)29-20(24)18-11-7-4-8-12-18/h3-12,19H,13-16H2,1-2H3/t19-/m1/s1. The SMILES string of the molecule is COC1(OC)CCN(C(=O)OCc2ccccc2)C[C@H]1OC(=O)c1ccccc1. The van der Waals surface area contributed by atoms with Crippen LogP contribution in [0.1, 0.15) is 22.3 Å². The smallest absolute Gasteiger partial charge is 0.410 e. The summed E-state index contributed by atoms with van der Waals surface area (Å²) in [5.74, 6) is -1.63. The average molecular weight is 399 g/mol. The Kier molecular flexibility index (Phi) is 6.85. The van der Waals surface area contributed by atoms with Crippen molar-refractivity contribution in [2.45, 2.75) is 24.9 Å². The fourth-order valence-electron chi connectivity index (χ4n) is 3.31. The van der Waals surface area contributed by atoms with Crippen molar-refractivity contribution >= 4 is 12.1 Å². The van der Waals surface area contributed by atoms with Gasteiger partial charge in [0.1, 0.15) is 6.61 Å². The van der Waals surface area contributed by atoms with Gasteiger partial charge >= 0.3 is 12.1 Å². The van der Waals surface area contributed by atoms with Crippen molar-refractivity contribution in [3.8, 4) is 0 Å². The Morgan fingerprint density at radius 2 is 1.62 bits per heavy atom. The minimum atomic E-state index is -1.12. The number of rotatable bonds is 6. The van der Waals surface area contributed by atoms with Gasteiger partial charge in [-0.15, -0.1) is 0 Å². The molecule has 0 bridgehead atoms. The van der Waals surface area contributed by atoms with Gasteiger partial charge in [-0.2, -0.15) is 0 Å². The van der Waals surface area contributed by atoms with Crippen molar-refractivity contribution in [1.82, 2.24) is 4.90 Å². The lowest BCUT2D eigenvalue weighted by Gasteiger charge is -2.44. The van der Waals surface area contributed by atoms with Crippen LogP contribution in [-0.2, 0) is 25.6 Å². The molecule has 1 heterocycles. The first-order valence-electron chi connectivity index (χ1n) is 9.40. The summed E-state index contributed by atoms with van der Waals surface area (Å²) < 4.78 is 22.2.